The number of pyridine rings is 1. The number of aryl methyl sites for hydroxylation is 1. The van der Waals surface area contributed by atoms with Crippen LogP contribution in [0.1, 0.15) is 98.2 Å². The van der Waals surface area contributed by atoms with Gasteiger partial charge in [-0.25, -0.2) is 34.7 Å². The smallest absolute Gasteiger partial charge is 0.438 e. The summed E-state index contributed by atoms with van der Waals surface area (Å²) >= 11 is 6.65. The van der Waals surface area contributed by atoms with E-state index < -0.39 is 188 Å². The first-order valence-corrected chi connectivity index (χ1v) is 29.1. The van der Waals surface area contributed by atoms with E-state index in [0.29, 0.717) is 12.3 Å². The molecule has 2 aromatic carbocycles. The summed E-state index contributed by atoms with van der Waals surface area (Å²) in [6.45, 7) is -1.79. The zero-order valence-corrected chi connectivity index (χ0v) is 44.9. The quantitative estimate of drug-likeness (QED) is 0.0270. The molecule has 0 radical (unpaired) electrons. The Hall–Kier alpha value is -5.72. The molecule has 3 aromatic heterocycles. The van der Waals surface area contributed by atoms with Gasteiger partial charge in [0.2, 0.25) is 28.6 Å². The molecule has 19 nitrogen and oxygen atoms in total. The van der Waals surface area contributed by atoms with Crippen LogP contribution in [0, 0.1) is 17.6 Å². The molecule has 0 saturated heterocycles. The first-order valence-electron chi connectivity index (χ1n) is 23.4. The first kappa shape index (κ1) is 60.9. The minimum absolute atomic E-state index is 0.00138. The second kappa shape index (κ2) is 22.0. The summed E-state index contributed by atoms with van der Waals surface area (Å²) in [6.07, 6.45) is -12.3. The van der Waals surface area contributed by atoms with E-state index in [-0.39, 0.29) is 61.7 Å². The minimum Gasteiger partial charge on any atom is -0.438 e. The van der Waals surface area contributed by atoms with Gasteiger partial charge in [0, 0.05) is 53.5 Å². The molecular formula is C46H47ClF10N7O12PS2. The average Bonchev–Trinajstić information content (AvgIpc) is 4.12. The van der Waals surface area contributed by atoms with Gasteiger partial charge in [0.15, 0.2) is 21.3 Å². The van der Waals surface area contributed by atoms with E-state index in [1.807, 2.05) is 0 Å². The lowest BCUT2D eigenvalue weighted by Gasteiger charge is -2.34. The largest absolute Gasteiger partial charge is 0.472 e. The van der Waals surface area contributed by atoms with Gasteiger partial charge in [-0.2, -0.15) is 49.6 Å². The summed E-state index contributed by atoms with van der Waals surface area (Å²) in [7, 11) is -13.8. The number of hydrogen-bond acceptors (Lipinski definition) is 13. The first-order chi connectivity index (χ1) is 36.3. The molecule has 79 heavy (non-hydrogen) atoms. The van der Waals surface area contributed by atoms with Crippen molar-refractivity contribution in [2.45, 2.75) is 113 Å². The van der Waals surface area contributed by atoms with Crippen LogP contribution in [-0.4, -0.2) is 99.2 Å². The lowest BCUT2D eigenvalue weighted by atomic mass is 9.73. The Kier molecular flexibility index (Phi) is 16.9. The molecule has 0 unspecified atom stereocenters. The molecule has 3 heterocycles. The number of carbonyl (C=O) groups is 3. The van der Waals surface area contributed by atoms with Gasteiger partial charge in [0.25, 0.3) is 5.92 Å². The zero-order chi connectivity index (χ0) is 58.7. The number of fused-ring (bicyclic) bond motifs is 4. The van der Waals surface area contributed by atoms with Crippen molar-refractivity contribution in [1.29, 1.82) is 0 Å². The SMILES string of the molecule is CC(C)(CCc1ccc(-c2ccc(Cl)c3c(N(C(=O)CCCC(=O)OCOP(=O)(O)O)S(C)(=O)=O)nn(CC(F)(F)F)c23)c([C@H](Cc2cc(F)cc(F)c2)NC(=O)Cn2nc(C(F)(F)F)c3c2C(F)(F)[C@@H]2CC[C@H]32)n1)S(C)(=O)=O. The molecule has 1 saturated carbocycles. The summed E-state index contributed by atoms with van der Waals surface area (Å²) in [6, 6.07) is 4.91. The number of hydrogen-bond donors (Lipinski definition) is 3. The third-order valence-electron chi connectivity index (χ3n) is 13.4. The second-order valence-corrected chi connectivity index (χ2v) is 25.6. The Balaban J connectivity index is 1.40. The van der Waals surface area contributed by atoms with Crippen molar-refractivity contribution in [1.82, 2.24) is 29.9 Å². The van der Waals surface area contributed by atoms with Crippen molar-refractivity contribution in [3.63, 3.8) is 0 Å². The van der Waals surface area contributed by atoms with Crippen LogP contribution in [0.15, 0.2) is 42.5 Å². The third kappa shape index (κ3) is 13.6. The maximum absolute atomic E-state index is 15.9. The fourth-order valence-corrected chi connectivity index (χ4v) is 11.2. The Labute approximate surface area is 447 Å². The molecule has 3 N–H and O–H groups in total. The summed E-state index contributed by atoms with van der Waals surface area (Å²) in [5.41, 5.74) is -5.60. The normalized spacial score (nSPS) is 17.0. The van der Waals surface area contributed by atoms with E-state index in [0.717, 1.165) is 30.5 Å². The van der Waals surface area contributed by atoms with Gasteiger partial charge in [-0.1, -0.05) is 23.7 Å². The summed E-state index contributed by atoms with van der Waals surface area (Å²) in [5.74, 6) is -13.9. The van der Waals surface area contributed by atoms with Crippen LogP contribution in [-0.2, 0) is 86.1 Å². The third-order valence-corrected chi connectivity index (χ3v) is 17.4. The van der Waals surface area contributed by atoms with Crippen molar-refractivity contribution in [3.05, 3.63) is 93.0 Å². The molecule has 0 aliphatic heterocycles. The number of carbonyl (C=O) groups excluding carboxylic acids is 3. The van der Waals surface area contributed by atoms with Crippen molar-refractivity contribution < 1.29 is 98.7 Å². The van der Waals surface area contributed by atoms with Gasteiger partial charge in [-0.05, 0) is 88.1 Å². The van der Waals surface area contributed by atoms with E-state index in [9.17, 15) is 70.9 Å². The molecule has 5 aromatic rings. The number of nitrogens with zero attached hydrogens (tertiary/aromatic N) is 6. The summed E-state index contributed by atoms with van der Waals surface area (Å²) in [5, 5.41) is 8.62. The number of nitrogens with one attached hydrogen (secondary N) is 1. The standard InChI is InChI=1S/C46H47ClF10N7O12PS2/c1-43(2,78(3,71)72)15-14-26-8-9-27(28-11-13-31(47)37-39(28)63(21-44(50,51)52)61-42(37)64(79(4,73)74)34(66)6-5-7-35(67)75-22-76-77(68,69)70)38(58-26)32(18-23-16-24(48)19-25(49)17-23)59-33(65)20-62-41-36(40(60-62)46(55,56)57)29-10-12-30(29)45(41,53)54/h8-9,11,13,16-17,19,29-30,32H,5-7,10,12,14-15,18,20-22H2,1-4H3,(H,59,65)(H2,68,69,70)/t29-,30+,32-/m0/s1. The number of rotatable bonds is 21. The number of benzene rings is 2. The molecule has 1 fully saturated rings. The van der Waals surface area contributed by atoms with Crippen LogP contribution in [0.5, 0.6) is 0 Å². The van der Waals surface area contributed by atoms with E-state index >= 15 is 8.78 Å². The number of sulfonamides is 1. The number of amides is 2. The highest BCUT2D eigenvalue weighted by atomic mass is 35.5. The number of halogens is 11. The Morgan fingerprint density at radius 2 is 1.58 bits per heavy atom. The highest BCUT2D eigenvalue weighted by Gasteiger charge is 2.63. The molecule has 2 amide bonds. The number of phosphoric acid groups is 1. The van der Waals surface area contributed by atoms with E-state index in [2.05, 4.69) is 29.8 Å². The van der Waals surface area contributed by atoms with Crippen molar-refractivity contribution >= 4 is 73.8 Å². The number of sulfone groups is 1. The number of phosphoric ester groups is 1. The second-order valence-electron chi connectivity index (χ2n) is 19.5. The van der Waals surface area contributed by atoms with Gasteiger partial charge in [0.05, 0.1) is 38.7 Å². The maximum atomic E-state index is 15.9. The maximum Gasteiger partial charge on any atom is 0.472 e. The zero-order valence-electron chi connectivity index (χ0n) is 41.6. The van der Waals surface area contributed by atoms with Gasteiger partial charge in [-0.15, -0.1) is 0 Å². The molecule has 2 aliphatic rings. The molecule has 33 heteroatoms. The van der Waals surface area contributed by atoms with E-state index in [1.54, 1.807) is 0 Å². The topological polar surface area (TPSA) is 259 Å². The monoisotopic (exact) mass is 1210 g/mol. The Morgan fingerprint density at radius 3 is 2.15 bits per heavy atom. The number of aromatic nitrogens is 5. The molecular weight excluding hydrogens is 1160 g/mol. The minimum atomic E-state index is -5.25. The van der Waals surface area contributed by atoms with Crippen LogP contribution < -0.4 is 9.62 Å². The van der Waals surface area contributed by atoms with Crippen LogP contribution in [0.3, 0.4) is 0 Å². The van der Waals surface area contributed by atoms with Crippen molar-refractivity contribution in [3.8, 4) is 11.1 Å². The van der Waals surface area contributed by atoms with Gasteiger partial charge in [0.1, 0.15) is 30.4 Å². The van der Waals surface area contributed by atoms with Crippen LogP contribution >= 0.6 is 19.4 Å². The fraction of sp³-hybridized carbons (Fsp3) is 0.478. The van der Waals surface area contributed by atoms with Gasteiger partial charge < -0.3 is 19.8 Å². The molecule has 2 aliphatic carbocycles. The van der Waals surface area contributed by atoms with Crippen LogP contribution in [0.2, 0.25) is 5.02 Å². The predicted octanol–water partition coefficient (Wildman–Crippen LogP) is 8.34. The molecule has 3 atom stereocenters. The van der Waals surface area contributed by atoms with Gasteiger partial charge >= 0.3 is 26.1 Å². The molecule has 7 rings (SSSR count). The van der Waals surface area contributed by atoms with Crippen molar-refractivity contribution in [2.75, 3.05) is 23.6 Å². The molecule has 0 spiro atoms. The van der Waals surface area contributed by atoms with E-state index in [1.165, 1.54) is 26.0 Å². The number of anilines is 1. The molecule has 432 valence electrons. The highest BCUT2D eigenvalue weighted by Crippen LogP contribution is 2.64. The lowest BCUT2D eigenvalue weighted by molar-refractivity contribution is -0.151. The van der Waals surface area contributed by atoms with Gasteiger partial charge in [-0.3, -0.25) is 28.7 Å². The number of ether oxygens (including phenoxy) is 1. The van der Waals surface area contributed by atoms with Crippen LogP contribution in [0.25, 0.3) is 22.0 Å². The number of alkyl halides is 8. The predicted molar refractivity (Wildman–Crippen MR) is 259 cm³/mol. The summed E-state index contributed by atoms with van der Waals surface area (Å²) in [4.78, 5) is 62.6. The highest BCUT2D eigenvalue weighted by molar-refractivity contribution is 7.93. The Morgan fingerprint density at radius 1 is 0.937 bits per heavy atom. The van der Waals surface area contributed by atoms with Crippen LogP contribution in [0.4, 0.5) is 49.7 Å². The average molecular weight is 1210 g/mol. The number of esters is 1. The summed E-state index contributed by atoms with van der Waals surface area (Å²) < 4.78 is 220. The fourth-order valence-electron chi connectivity index (χ4n) is 9.36. The van der Waals surface area contributed by atoms with E-state index in [4.69, 9.17) is 21.4 Å². The van der Waals surface area contributed by atoms with Crippen molar-refractivity contribution in [2.24, 2.45) is 5.92 Å². The lowest BCUT2D eigenvalue weighted by Crippen LogP contribution is -2.36. The molecule has 0 bridgehead atoms. The Bertz CT molecular complexity index is 3500.